The number of hydrogen-bond acceptors (Lipinski definition) is 4. The molecule has 0 saturated carbocycles. The normalized spacial score (nSPS) is 11.2. The van der Waals surface area contributed by atoms with Gasteiger partial charge in [-0.3, -0.25) is 4.79 Å². The van der Waals surface area contributed by atoms with Crippen LogP contribution >= 0.6 is 34.8 Å². The molecule has 1 aromatic heterocycles. The van der Waals surface area contributed by atoms with Crippen LogP contribution in [0.1, 0.15) is 15.9 Å². The zero-order chi connectivity index (χ0) is 19.5. The number of benzene rings is 1. The molecule has 0 radical (unpaired) electrons. The third kappa shape index (κ3) is 5.23. The Hall–Kier alpha value is -2.03. The summed E-state index contributed by atoms with van der Waals surface area (Å²) in [5.41, 5.74) is -0.996. The Balaban J connectivity index is 1.96. The summed E-state index contributed by atoms with van der Waals surface area (Å²) in [5.74, 6) is -1.98. The van der Waals surface area contributed by atoms with E-state index in [1.54, 1.807) is 0 Å². The predicted molar refractivity (Wildman–Crippen MR) is 89.6 cm³/mol. The van der Waals surface area contributed by atoms with E-state index in [0.717, 1.165) is 0 Å². The molecule has 0 spiro atoms. The van der Waals surface area contributed by atoms with Crippen molar-refractivity contribution in [2.24, 2.45) is 0 Å². The van der Waals surface area contributed by atoms with Gasteiger partial charge in [-0.1, -0.05) is 34.8 Å². The van der Waals surface area contributed by atoms with Crippen LogP contribution in [0.5, 0.6) is 0 Å². The predicted octanol–water partition coefficient (Wildman–Crippen LogP) is 4.86. The van der Waals surface area contributed by atoms with Gasteiger partial charge in [0.2, 0.25) is 0 Å². The number of rotatable bonds is 4. The van der Waals surface area contributed by atoms with E-state index in [4.69, 9.17) is 39.5 Å². The number of halogens is 6. The van der Waals surface area contributed by atoms with Gasteiger partial charge in [0.15, 0.2) is 12.4 Å². The molecule has 26 heavy (non-hydrogen) atoms. The molecule has 5 nitrogen and oxygen atoms in total. The van der Waals surface area contributed by atoms with Crippen molar-refractivity contribution in [3.05, 3.63) is 56.7 Å². The number of ether oxygens (including phenoxy) is 1. The lowest BCUT2D eigenvalue weighted by Gasteiger charge is -2.10. The van der Waals surface area contributed by atoms with Gasteiger partial charge in [-0.05, 0) is 24.3 Å². The number of nitrogens with zero attached hydrogens (tertiary/aromatic N) is 1. The Kier molecular flexibility index (Phi) is 6.33. The fourth-order valence-electron chi connectivity index (χ4n) is 1.69. The van der Waals surface area contributed by atoms with Crippen molar-refractivity contribution < 1.29 is 27.5 Å². The number of hydrogen-bond donors (Lipinski definition) is 1. The van der Waals surface area contributed by atoms with Crippen LogP contribution in [0.3, 0.4) is 0 Å². The second-order valence-corrected chi connectivity index (χ2v) is 6.03. The minimum Gasteiger partial charge on any atom is -0.452 e. The number of carbonyl (C=O) groups excluding carboxylic acids is 2. The van der Waals surface area contributed by atoms with Gasteiger partial charge in [-0.25, -0.2) is 9.78 Å². The van der Waals surface area contributed by atoms with E-state index in [-0.39, 0.29) is 21.4 Å². The van der Waals surface area contributed by atoms with E-state index in [9.17, 15) is 22.8 Å². The number of esters is 1. The fourth-order valence-corrected chi connectivity index (χ4v) is 2.20. The Morgan fingerprint density at radius 3 is 2.35 bits per heavy atom. The zero-order valence-corrected chi connectivity index (χ0v) is 14.8. The molecule has 0 aliphatic heterocycles. The highest BCUT2D eigenvalue weighted by atomic mass is 35.5. The second kappa shape index (κ2) is 8.11. The molecule has 1 heterocycles. The summed E-state index contributed by atoms with van der Waals surface area (Å²) in [6.07, 6.45) is -4.10. The summed E-state index contributed by atoms with van der Waals surface area (Å²) in [5, 5.41) is 2.10. The third-order valence-corrected chi connectivity index (χ3v) is 3.94. The Labute approximate surface area is 160 Å². The van der Waals surface area contributed by atoms with Crippen molar-refractivity contribution in [3.63, 3.8) is 0 Å². The Morgan fingerprint density at radius 1 is 1.08 bits per heavy atom. The van der Waals surface area contributed by atoms with Crippen LogP contribution < -0.4 is 5.32 Å². The van der Waals surface area contributed by atoms with Crippen LogP contribution in [-0.4, -0.2) is 23.5 Å². The first kappa shape index (κ1) is 20.3. The molecule has 0 fully saturated rings. The number of aromatic nitrogens is 1. The smallest absolute Gasteiger partial charge is 0.417 e. The van der Waals surface area contributed by atoms with Gasteiger partial charge in [0, 0.05) is 6.20 Å². The number of amides is 1. The third-order valence-electron chi connectivity index (χ3n) is 2.92. The molecule has 11 heteroatoms. The summed E-state index contributed by atoms with van der Waals surface area (Å²) in [4.78, 5) is 27.0. The van der Waals surface area contributed by atoms with Gasteiger partial charge < -0.3 is 10.1 Å². The molecule has 138 valence electrons. The van der Waals surface area contributed by atoms with E-state index in [0.29, 0.717) is 12.3 Å². The van der Waals surface area contributed by atoms with Gasteiger partial charge in [0.25, 0.3) is 5.91 Å². The van der Waals surface area contributed by atoms with Crippen molar-refractivity contribution in [1.29, 1.82) is 0 Å². The summed E-state index contributed by atoms with van der Waals surface area (Å²) < 4.78 is 42.3. The molecule has 0 aliphatic rings. The molecule has 0 saturated heterocycles. The molecule has 0 aliphatic carbocycles. The summed E-state index contributed by atoms with van der Waals surface area (Å²) >= 11 is 17.1. The molecular weight excluding hydrogens is 420 g/mol. The highest BCUT2D eigenvalue weighted by molar-refractivity contribution is 6.42. The van der Waals surface area contributed by atoms with Crippen LogP contribution in [0.2, 0.25) is 15.1 Å². The summed E-state index contributed by atoms with van der Waals surface area (Å²) in [6.45, 7) is -0.710. The number of nitrogens with one attached hydrogen (secondary N) is 1. The number of alkyl halides is 3. The van der Waals surface area contributed by atoms with Crippen molar-refractivity contribution in [2.75, 3.05) is 11.9 Å². The molecule has 0 unspecified atom stereocenters. The first-order chi connectivity index (χ1) is 12.1. The van der Waals surface area contributed by atoms with E-state index >= 15 is 0 Å². The Bertz CT molecular complexity index is 860. The summed E-state index contributed by atoms with van der Waals surface area (Å²) in [7, 11) is 0. The van der Waals surface area contributed by atoms with Crippen LogP contribution in [-0.2, 0) is 15.7 Å². The molecular formula is C15H8Cl3F3N2O3. The monoisotopic (exact) mass is 426 g/mol. The average molecular weight is 428 g/mol. The van der Waals surface area contributed by atoms with Gasteiger partial charge in [-0.2, -0.15) is 13.2 Å². The number of pyridine rings is 1. The van der Waals surface area contributed by atoms with E-state index in [1.165, 1.54) is 18.2 Å². The highest BCUT2D eigenvalue weighted by Crippen LogP contribution is 2.32. The quantitative estimate of drug-likeness (QED) is 0.708. The van der Waals surface area contributed by atoms with Crippen LogP contribution in [0, 0.1) is 0 Å². The van der Waals surface area contributed by atoms with Crippen LogP contribution in [0.4, 0.5) is 19.0 Å². The number of carbonyl (C=O) groups is 2. The molecule has 1 N–H and O–H groups in total. The molecule has 2 rings (SSSR count). The minimum absolute atomic E-state index is 0.0675. The highest BCUT2D eigenvalue weighted by Gasteiger charge is 2.31. The minimum atomic E-state index is -4.62. The van der Waals surface area contributed by atoms with Crippen LogP contribution in [0.15, 0.2) is 30.5 Å². The van der Waals surface area contributed by atoms with Crippen molar-refractivity contribution in [3.8, 4) is 0 Å². The lowest BCUT2D eigenvalue weighted by Crippen LogP contribution is -2.22. The molecule has 1 amide bonds. The summed E-state index contributed by atoms with van der Waals surface area (Å²) in [6, 6.07) is 4.61. The maximum atomic E-state index is 12.5. The molecule has 0 bridgehead atoms. The molecule has 1 aromatic carbocycles. The van der Waals surface area contributed by atoms with Gasteiger partial charge in [-0.15, -0.1) is 0 Å². The van der Waals surface area contributed by atoms with Crippen molar-refractivity contribution in [1.82, 2.24) is 4.98 Å². The standard InChI is InChI=1S/C15H8Cl3F3N2O3/c16-9-2-1-7(3-10(9)17)14(25)26-6-12(24)23-13-11(18)4-8(5-22-13)15(19,20)21/h1-5H,6H2,(H,22,23,24). The van der Waals surface area contributed by atoms with Gasteiger partial charge in [0.1, 0.15) is 0 Å². The molecule has 2 aromatic rings. The lowest BCUT2D eigenvalue weighted by atomic mass is 10.2. The first-order valence-corrected chi connectivity index (χ1v) is 7.86. The Morgan fingerprint density at radius 2 is 1.77 bits per heavy atom. The van der Waals surface area contributed by atoms with Crippen molar-refractivity contribution in [2.45, 2.75) is 6.18 Å². The average Bonchev–Trinajstić information content (AvgIpc) is 2.56. The largest absolute Gasteiger partial charge is 0.452 e. The van der Waals surface area contributed by atoms with E-state index in [2.05, 4.69) is 10.3 Å². The SMILES string of the molecule is O=C(COC(=O)c1ccc(Cl)c(Cl)c1)Nc1ncc(C(F)(F)F)cc1Cl. The number of anilines is 1. The van der Waals surface area contributed by atoms with E-state index < -0.39 is 35.2 Å². The first-order valence-electron chi connectivity index (χ1n) is 6.72. The maximum absolute atomic E-state index is 12.5. The lowest BCUT2D eigenvalue weighted by molar-refractivity contribution is -0.137. The maximum Gasteiger partial charge on any atom is 0.417 e. The molecule has 0 atom stereocenters. The van der Waals surface area contributed by atoms with Crippen LogP contribution in [0.25, 0.3) is 0 Å². The zero-order valence-electron chi connectivity index (χ0n) is 12.5. The van der Waals surface area contributed by atoms with Crippen molar-refractivity contribution >= 4 is 52.5 Å². The van der Waals surface area contributed by atoms with Gasteiger partial charge in [0.05, 0.1) is 26.2 Å². The fraction of sp³-hybridized carbons (Fsp3) is 0.133. The van der Waals surface area contributed by atoms with E-state index in [1.807, 2.05) is 0 Å². The second-order valence-electron chi connectivity index (χ2n) is 4.81. The topological polar surface area (TPSA) is 68.3 Å². The van der Waals surface area contributed by atoms with Gasteiger partial charge >= 0.3 is 12.1 Å².